The van der Waals surface area contributed by atoms with Crippen LogP contribution in [0.25, 0.3) is 16.5 Å². The van der Waals surface area contributed by atoms with Gasteiger partial charge in [0.15, 0.2) is 0 Å². The van der Waals surface area contributed by atoms with Crippen LogP contribution in [0, 0.1) is 27.7 Å². The smallest absolute Gasteiger partial charge is 0.281 e. The molecule has 7 nitrogen and oxygen atoms in total. The summed E-state index contributed by atoms with van der Waals surface area (Å²) < 4.78 is 3.43. The maximum absolute atomic E-state index is 13.6. The Morgan fingerprint density at radius 2 is 1.61 bits per heavy atom. The molecule has 0 saturated carbocycles. The molecule has 1 saturated heterocycles. The molecule has 36 heavy (non-hydrogen) atoms. The Labute approximate surface area is 211 Å². The summed E-state index contributed by atoms with van der Waals surface area (Å²) >= 11 is 0. The maximum Gasteiger partial charge on any atom is 0.281 e. The standard InChI is InChI=1S/C29H33N5O2/c1-19-11-12-20(2)26(17-19)31-13-15-32(16-14-31)28(35)23(5)33-21(3)25-18-30-34(24-9-7-6-8-10-24)29(36)27(25)22(33)4/h6-12,17-18,23H,13-16H2,1-5H3/t23-/m1/s1. The molecule has 2 aromatic heterocycles. The number of aromatic nitrogens is 3. The zero-order valence-corrected chi connectivity index (χ0v) is 21.7. The summed E-state index contributed by atoms with van der Waals surface area (Å²) in [4.78, 5) is 31.3. The Bertz CT molecular complexity index is 1490. The molecule has 1 aliphatic heterocycles. The fraction of sp³-hybridized carbons (Fsp3) is 0.345. The van der Waals surface area contributed by atoms with E-state index < -0.39 is 6.04 Å². The molecular weight excluding hydrogens is 450 g/mol. The third-order valence-electron chi connectivity index (χ3n) is 7.49. The van der Waals surface area contributed by atoms with Crippen LogP contribution in [-0.4, -0.2) is 51.3 Å². The van der Waals surface area contributed by atoms with Crippen LogP contribution in [0.3, 0.4) is 0 Å². The number of hydrogen-bond donors (Lipinski definition) is 0. The summed E-state index contributed by atoms with van der Waals surface area (Å²) in [7, 11) is 0. The van der Waals surface area contributed by atoms with Gasteiger partial charge in [-0.15, -0.1) is 0 Å². The van der Waals surface area contributed by atoms with Gasteiger partial charge < -0.3 is 14.4 Å². The van der Waals surface area contributed by atoms with E-state index in [1.807, 2.05) is 60.6 Å². The molecule has 2 aromatic carbocycles. The number of aryl methyl sites for hydroxylation is 4. The number of anilines is 1. The first kappa shape index (κ1) is 23.9. The molecule has 5 rings (SSSR count). The summed E-state index contributed by atoms with van der Waals surface area (Å²) in [5.74, 6) is 0.0819. The molecular formula is C29H33N5O2. The Kier molecular flexibility index (Phi) is 6.16. The zero-order chi connectivity index (χ0) is 25.6. The fourth-order valence-electron chi connectivity index (χ4n) is 5.52. The van der Waals surface area contributed by atoms with E-state index in [1.54, 1.807) is 6.20 Å². The van der Waals surface area contributed by atoms with E-state index in [-0.39, 0.29) is 11.5 Å². The van der Waals surface area contributed by atoms with Gasteiger partial charge in [-0.05, 0) is 63.9 Å². The van der Waals surface area contributed by atoms with E-state index in [2.05, 4.69) is 42.0 Å². The molecule has 0 N–H and O–H groups in total. The third-order valence-corrected chi connectivity index (χ3v) is 7.49. The number of piperazine rings is 1. The van der Waals surface area contributed by atoms with Crippen molar-refractivity contribution < 1.29 is 4.79 Å². The molecule has 7 heteroatoms. The number of amides is 1. The lowest BCUT2D eigenvalue weighted by Gasteiger charge is -2.38. The molecule has 0 unspecified atom stereocenters. The van der Waals surface area contributed by atoms with Crippen LogP contribution in [0.4, 0.5) is 5.69 Å². The molecule has 3 heterocycles. The zero-order valence-electron chi connectivity index (χ0n) is 21.7. The number of nitrogens with zero attached hydrogens (tertiary/aromatic N) is 5. The first-order valence-electron chi connectivity index (χ1n) is 12.5. The molecule has 1 atom stereocenters. The van der Waals surface area contributed by atoms with E-state index in [0.717, 1.165) is 35.6 Å². The Morgan fingerprint density at radius 1 is 0.917 bits per heavy atom. The lowest BCUT2D eigenvalue weighted by Crippen LogP contribution is -2.50. The Hall–Kier alpha value is -3.87. The average molecular weight is 484 g/mol. The van der Waals surface area contributed by atoms with E-state index >= 15 is 0 Å². The molecule has 0 spiro atoms. The van der Waals surface area contributed by atoms with Crippen LogP contribution in [0.15, 0.2) is 59.5 Å². The summed E-state index contributed by atoms with van der Waals surface area (Å²) in [6.45, 7) is 13.0. The second-order valence-electron chi connectivity index (χ2n) is 9.80. The van der Waals surface area contributed by atoms with Crippen molar-refractivity contribution >= 4 is 22.4 Å². The maximum atomic E-state index is 13.6. The number of benzene rings is 2. The molecule has 1 amide bonds. The third kappa shape index (κ3) is 3.98. The molecule has 1 aliphatic rings. The van der Waals surface area contributed by atoms with Gasteiger partial charge in [-0.2, -0.15) is 9.78 Å². The van der Waals surface area contributed by atoms with Gasteiger partial charge in [0, 0.05) is 48.6 Å². The summed E-state index contributed by atoms with van der Waals surface area (Å²) in [6, 6.07) is 15.5. The van der Waals surface area contributed by atoms with Gasteiger partial charge in [0.1, 0.15) is 6.04 Å². The summed E-state index contributed by atoms with van der Waals surface area (Å²) in [5, 5.41) is 5.84. The van der Waals surface area contributed by atoms with Crippen molar-refractivity contribution in [1.82, 2.24) is 19.2 Å². The van der Waals surface area contributed by atoms with E-state index in [0.29, 0.717) is 18.5 Å². The van der Waals surface area contributed by atoms with Crippen molar-refractivity contribution in [2.45, 2.75) is 40.7 Å². The quantitative estimate of drug-likeness (QED) is 0.433. The number of hydrogen-bond acceptors (Lipinski definition) is 4. The SMILES string of the molecule is Cc1ccc(C)c(N2CCN(C(=O)[C@@H](C)n3c(C)c4cnn(-c5ccccc5)c(=O)c4c3C)CC2)c1. The van der Waals surface area contributed by atoms with Crippen molar-refractivity contribution in [3.05, 3.63) is 87.6 Å². The highest BCUT2D eigenvalue weighted by Gasteiger charge is 2.29. The van der Waals surface area contributed by atoms with E-state index in [4.69, 9.17) is 0 Å². The second kappa shape index (κ2) is 9.30. The molecule has 0 bridgehead atoms. The van der Waals surface area contributed by atoms with Gasteiger partial charge in [-0.25, -0.2) is 0 Å². The number of rotatable bonds is 4. The van der Waals surface area contributed by atoms with Gasteiger partial charge in [-0.1, -0.05) is 30.3 Å². The molecule has 4 aromatic rings. The largest absolute Gasteiger partial charge is 0.368 e. The second-order valence-corrected chi connectivity index (χ2v) is 9.80. The first-order chi connectivity index (χ1) is 17.3. The number of carbonyl (C=O) groups is 1. The lowest BCUT2D eigenvalue weighted by molar-refractivity contribution is -0.134. The van der Waals surface area contributed by atoms with Crippen molar-refractivity contribution in [2.75, 3.05) is 31.1 Å². The van der Waals surface area contributed by atoms with Crippen molar-refractivity contribution in [1.29, 1.82) is 0 Å². The first-order valence-corrected chi connectivity index (χ1v) is 12.5. The van der Waals surface area contributed by atoms with Crippen LogP contribution in [0.5, 0.6) is 0 Å². The van der Waals surface area contributed by atoms with Gasteiger partial charge in [0.25, 0.3) is 5.56 Å². The summed E-state index contributed by atoms with van der Waals surface area (Å²) in [5.41, 5.74) is 6.00. The van der Waals surface area contributed by atoms with Crippen molar-refractivity contribution in [2.24, 2.45) is 0 Å². The fourth-order valence-corrected chi connectivity index (χ4v) is 5.52. The van der Waals surface area contributed by atoms with Gasteiger partial charge >= 0.3 is 0 Å². The van der Waals surface area contributed by atoms with Crippen LogP contribution >= 0.6 is 0 Å². The lowest BCUT2D eigenvalue weighted by atomic mass is 10.1. The monoisotopic (exact) mass is 483 g/mol. The normalized spacial score (nSPS) is 14.9. The van der Waals surface area contributed by atoms with Crippen LogP contribution in [0.1, 0.15) is 35.5 Å². The average Bonchev–Trinajstić information content (AvgIpc) is 3.15. The highest BCUT2D eigenvalue weighted by molar-refractivity contribution is 5.89. The highest BCUT2D eigenvalue weighted by atomic mass is 16.2. The minimum absolute atomic E-state index is 0.0819. The Morgan fingerprint density at radius 3 is 2.31 bits per heavy atom. The van der Waals surface area contributed by atoms with Gasteiger partial charge in [-0.3, -0.25) is 9.59 Å². The molecule has 0 radical (unpaired) electrons. The number of fused-ring (bicyclic) bond motifs is 1. The molecule has 186 valence electrons. The molecule has 1 fully saturated rings. The summed E-state index contributed by atoms with van der Waals surface area (Å²) in [6.07, 6.45) is 1.74. The highest BCUT2D eigenvalue weighted by Crippen LogP contribution is 2.28. The van der Waals surface area contributed by atoms with Crippen LogP contribution < -0.4 is 10.5 Å². The number of carbonyl (C=O) groups excluding carboxylic acids is 1. The minimum atomic E-state index is -0.408. The molecule has 0 aliphatic carbocycles. The Balaban J connectivity index is 1.40. The van der Waals surface area contributed by atoms with Gasteiger partial charge in [0.2, 0.25) is 5.91 Å². The topological polar surface area (TPSA) is 63.4 Å². The van der Waals surface area contributed by atoms with Crippen molar-refractivity contribution in [3.8, 4) is 5.69 Å². The number of para-hydroxylation sites is 1. The predicted octanol–water partition coefficient (Wildman–Crippen LogP) is 4.33. The van der Waals surface area contributed by atoms with E-state index in [9.17, 15) is 9.59 Å². The van der Waals surface area contributed by atoms with Crippen molar-refractivity contribution in [3.63, 3.8) is 0 Å². The predicted molar refractivity (Wildman–Crippen MR) is 144 cm³/mol. The van der Waals surface area contributed by atoms with Crippen LogP contribution in [0.2, 0.25) is 0 Å². The van der Waals surface area contributed by atoms with Gasteiger partial charge in [0.05, 0.1) is 17.3 Å². The van der Waals surface area contributed by atoms with E-state index in [1.165, 1.54) is 21.5 Å². The minimum Gasteiger partial charge on any atom is -0.368 e. The van der Waals surface area contributed by atoms with Crippen LogP contribution in [-0.2, 0) is 4.79 Å².